The zero-order valence-corrected chi connectivity index (χ0v) is 11.2. The molecule has 2 aromatic rings. The van der Waals surface area contributed by atoms with E-state index in [0.717, 1.165) is 0 Å². The summed E-state index contributed by atoms with van der Waals surface area (Å²) in [6, 6.07) is 4.85. The SMILES string of the molecule is Cc1ccc(Nc2ncnc(Cl)c2Br)cc1F. The van der Waals surface area contributed by atoms with E-state index in [1.807, 2.05) is 0 Å². The lowest BCUT2D eigenvalue weighted by Gasteiger charge is -2.08. The van der Waals surface area contributed by atoms with Gasteiger partial charge in [-0.3, -0.25) is 0 Å². The van der Waals surface area contributed by atoms with Crippen molar-refractivity contribution in [3.63, 3.8) is 0 Å². The Morgan fingerprint density at radius 2 is 2.12 bits per heavy atom. The van der Waals surface area contributed by atoms with Crippen molar-refractivity contribution in [2.24, 2.45) is 0 Å². The molecule has 0 radical (unpaired) electrons. The van der Waals surface area contributed by atoms with Crippen molar-refractivity contribution in [3.8, 4) is 0 Å². The van der Waals surface area contributed by atoms with Gasteiger partial charge in [-0.15, -0.1) is 0 Å². The molecule has 0 saturated heterocycles. The van der Waals surface area contributed by atoms with Crippen molar-refractivity contribution in [2.45, 2.75) is 6.92 Å². The molecule has 6 heteroatoms. The van der Waals surface area contributed by atoms with Crippen LogP contribution >= 0.6 is 27.5 Å². The molecule has 0 amide bonds. The molecule has 1 aromatic heterocycles. The molecule has 0 aliphatic carbocycles. The van der Waals surface area contributed by atoms with Gasteiger partial charge in [0, 0.05) is 5.69 Å². The van der Waals surface area contributed by atoms with Gasteiger partial charge in [-0.05, 0) is 40.5 Å². The largest absolute Gasteiger partial charge is 0.339 e. The van der Waals surface area contributed by atoms with Crippen molar-refractivity contribution >= 4 is 39.0 Å². The Bertz CT molecular complexity index is 562. The van der Waals surface area contributed by atoms with E-state index in [-0.39, 0.29) is 5.82 Å². The fourth-order valence-electron chi connectivity index (χ4n) is 1.24. The molecule has 0 atom stereocenters. The van der Waals surface area contributed by atoms with Crippen molar-refractivity contribution in [3.05, 3.63) is 45.5 Å². The first-order valence-corrected chi connectivity index (χ1v) is 5.94. The fraction of sp³-hybridized carbons (Fsp3) is 0.0909. The lowest BCUT2D eigenvalue weighted by molar-refractivity contribution is 0.619. The van der Waals surface area contributed by atoms with E-state index in [9.17, 15) is 4.39 Å². The van der Waals surface area contributed by atoms with Crippen LogP contribution in [0.5, 0.6) is 0 Å². The quantitative estimate of drug-likeness (QED) is 0.848. The fourth-order valence-corrected chi connectivity index (χ4v) is 1.68. The molecule has 0 bridgehead atoms. The molecule has 1 N–H and O–H groups in total. The molecule has 2 rings (SSSR count). The first-order chi connectivity index (χ1) is 8.08. The average molecular weight is 317 g/mol. The van der Waals surface area contributed by atoms with E-state index in [2.05, 4.69) is 31.2 Å². The predicted octanol–water partition coefficient (Wildman–Crippen LogP) is 4.08. The van der Waals surface area contributed by atoms with Crippen LogP contribution in [0, 0.1) is 12.7 Å². The Hall–Kier alpha value is -1.20. The zero-order chi connectivity index (χ0) is 12.4. The van der Waals surface area contributed by atoms with Gasteiger partial charge in [0.25, 0.3) is 0 Å². The number of halogens is 3. The van der Waals surface area contributed by atoms with E-state index in [0.29, 0.717) is 26.7 Å². The Labute approximate surface area is 111 Å². The maximum Gasteiger partial charge on any atom is 0.149 e. The van der Waals surface area contributed by atoms with Crippen LogP contribution in [0.4, 0.5) is 15.9 Å². The third-order valence-corrected chi connectivity index (χ3v) is 3.45. The monoisotopic (exact) mass is 315 g/mol. The van der Waals surface area contributed by atoms with Gasteiger partial charge in [-0.2, -0.15) is 0 Å². The molecule has 1 aromatic carbocycles. The first-order valence-electron chi connectivity index (χ1n) is 4.77. The van der Waals surface area contributed by atoms with Crippen LogP contribution in [0.1, 0.15) is 5.56 Å². The minimum absolute atomic E-state index is 0.272. The summed E-state index contributed by atoms with van der Waals surface area (Å²) in [5.74, 6) is 0.222. The van der Waals surface area contributed by atoms with E-state index in [1.54, 1.807) is 19.1 Å². The van der Waals surface area contributed by atoms with Crippen molar-refractivity contribution < 1.29 is 4.39 Å². The molecule has 3 nitrogen and oxygen atoms in total. The second-order valence-electron chi connectivity index (χ2n) is 3.42. The van der Waals surface area contributed by atoms with Crippen LogP contribution in [0.3, 0.4) is 0 Å². The number of nitrogens with zero attached hydrogens (tertiary/aromatic N) is 2. The minimum Gasteiger partial charge on any atom is -0.339 e. The summed E-state index contributed by atoms with van der Waals surface area (Å²) < 4.78 is 13.9. The number of benzene rings is 1. The van der Waals surface area contributed by atoms with Crippen molar-refractivity contribution in [1.82, 2.24) is 9.97 Å². The van der Waals surface area contributed by atoms with E-state index in [4.69, 9.17) is 11.6 Å². The summed E-state index contributed by atoms with van der Waals surface area (Å²) >= 11 is 9.08. The molecule has 0 fully saturated rings. The van der Waals surface area contributed by atoms with Gasteiger partial charge in [0.15, 0.2) is 0 Å². The van der Waals surface area contributed by atoms with Gasteiger partial charge in [-0.25, -0.2) is 14.4 Å². The Kier molecular flexibility index (Phi) is 3.59. The Morgan fingerprint density at radius 1 is 1.35 bits per heavy atom. The normalized spacial score (nSPS) is 10.4. The topological polar surface area (TPSA) is 37.8 Å². The Balaban J connectivity index is 2.31. The average Bonchev–Trinajstić information content (AvgIpc) is 2.30. The highest BCUT2D eigenvalue weighted by molar-refractivity contribution is 9.10. The molecule has 0 saturated carbocycles. The highest BCUT2D eigenvalue weighted by Crippen LogP contribution is 2.28. The van der Waals surface area contributed by atoms with Crippen LogP contribution in [0.25, 0.3) is 0 Å². The second-order valence-corrected chi connectivity index (χ2v) is 4.57. The van der Waals surface area contributed by atoms with Gasteiger partial charge in [0.1, 0.15) is 23.1 Å². The molecule has 0 spiro atoms. The van der Waals surface area contributed by atoms with Gasteiger partial charge in [-0.1, -0.05) is 17.7 Å². The minimum atomic E-state index is -0.272. The molecule has 0 unspecified atom stereocenters. The van der Waals surface area contributed by atoms with Crippen LogP contribution in [-0.2, 0) is 0 Å². The smallest absolute Gasteiger partial charge is 0.149 e. The number of aryl methyl sites for hydroxylation is 1. The summed E-state index contributed by atoms with van der Waals surface area (Å²) in [5, 5.41) is 3.26. The number of hydrogen-bond donors (Lipinski definition) is 1. The molecule has 1 heterocycles. The van der Waals surface area contributed by atoms with E-state index < -0.39 is 0 Å². The van der Waals surface area contributed by atoms with Crippen LogP contribution in [0.15, 0.2) is 29.0 Å². The number of rotatable bonds is 2. The van der Waals surface area contributed by atoms with Crippen LogP contribution in [-0.4, -0.2) is 9.97 Å². The summed E-state index contributed by atoms with van der Waals surface area (Å²) in [6.45, 7) is 1.70. The van der Waals surface area contributed by atoms with Gasteiger partial charge >= 0.3 is 0 Å². The summed E-state index contributed by atoms with van der Waals surface area (Å²) in [6.07, 6.45) is 1.33. The molecule has 88 valence electrons. The molecular weight excluding hydrogens is 308 g/mol. The van der Waals surface area contributed by atoms with Crippen molar-refractivity contribution in [1.29, 1.82) is 0 Å². The van der Waals surface area contributed by atoms with E-state index in [1.165, 1.54) is 12.4 Å². The number of nitrogens with one attached hydrogen (secondary N) is 1. The highest BCUT2D eigenvalue weighted by atomic mass is 79.9. The number of anilines is 2. The van der Waals surface area contributed by atoms with Gasteiger partial charge < -0.3 is 5.32 Å². The molecular formula is C11H8BrClFN3. The summed E-state index contributed by atoms with van der Waals surface area (Å²) in [7, 11) is 0. The number of aromatic nitrogens is 2. The summed E-state index contributed by atoms with van der Waals surface area (Å²) in [4.78, 5) is 7.82. The third-order valence-electron chi connectivity index (χ3n) is 2.18. The van der Waals surface area contributed by atoms with Crippen molar-refractivity contribution in [2.75, 3.05) is 5.32 Å². The van der Waals surface area contributed by atoms with E-state index >= 15 is 0 Å². The predicted molar refractivity (Wildman–Crippen MR) is 69.2 cm³/mol. The van der Waals surface area contributed by atoms with Gasteiger partial charge in [0.05, 0.1) is 4.47 Å². The number of hydrogen-bond acceptors (Lipinski definition) is 3. The molecule has 0 aliphatic rings. The lowest BCUT2D eigenvalue weighted by Crippen LogP contribution is -1.97. The lowest BCUT2D eigenvalue weighted by atomic mass is 10.2. The zero-order valence-electron chi connectivity index (χ0n) is 8.84. The Morgan fingerprint density at radius 3 is 2.82 bits per heavy atom. The maximum absolute atomic E-state index is 13.4. The first kappa shape index (κ1) is 12.3. The standard InChI is InChI=1S/C11H8BrClFN3/c1-6-2-3-7(4-8(6)14)17-11-9(12)10(13)15-5-16-11/h2-5H,1H3,(H,15,16,17). The second kappa shape index (κ2) is 4.98. The van der Waals surface area contributed by atoms with Crippen LogP contribution < -0.4 is 5.32 Å². The maximum atomic E-state index is 13.4. The van der Waals surface area contributed by atoms with Gasteiger partial charge in [0.2, 0.25) is 0 Å². The van der Waals surface area contributed by atoms with Crippen LogP contribution in [0.2, 0.25) is 5.15 Å². The highest BCUT2D eigenvalue weighted by Gasteiger charge is 2.07. The molecule has 17 heavy (non-hydrogen) atoms. The summed E-state index contributed by atoms with van der Waals surface area (Å²) in [5.41, 5.74) is 1.19. The third kappa shape index (κ3) is 2.73. The molecule has 0 aliphatic heterocycles.